The molecule has 1 aliphatic heterocycles. The lowest BCUT2D eigenvalue weighted by Crippen LogP contribution is -2.08. The molecule has 0 aliphatic carbocycles. The first-order valence-electron chi connectivity index (χ1n) is 8.69. The standard InChI is InChI=1S/C20H17Cl2N3O2/c21-13-7-8-15(17(22)11-13)18-16-6-1-2-9-23-19(16)25(24-18)14-5-3-4-12(10-14)20(26)27/h3-5,7-8,10-11,23H,1-2,6,9H2,(H,26,27). The van der Waals surface area contributed by atoms with Crippen molar-refractivity contribution in [3.8, 4) is 16.9 Å². The van der Waals surface area contributed by atoms with E-state index >= 15 is 0 Å². The van der Waals surface area contributed by atoms with Crippen molar-refractivity contribution in [3.05, 3.63) is 63.6 Å². The van der Waals surface area contributed by atoms with E-state index in [4.69, 9.17) is 28.3 Å². The molecule has 3 aromatic rings. The highest BCUT2D eigenvalue weighted by Crippen LogP contribution is 2.37. The van der Waals surface area contributed by atoms with Gasteiger partial charge in [0.1, 0.15) is 5.82 Å². The Hall–Kier alpha value is -2.50. The van der Waals surface area contributed by atoms with Crippen molar-refractivity contribution in [2.75, 3.05) is 11.9 Å². The zero-order valence-electron chi connectivity index (χ0n) is 14.4. The Kier molecular flexibility index (Phi) is 4.81. The largest absolute Gasteiger partial charge is 0.478 e. The van der Waals surface area contributed by atoms with Crippen LogP contribution < -0.4 is 5.32 Å². The molecule has 7 heteroatoms. The van der Waals surface area contributed by atoms with E-state index in [0.29, 0.717) is 15.7 Å². The number of fused-ring (bicyclic) bond motifs is 1. The highest BCUT2D eigenvalue weighted by atomic mass is 35.5. The third-order valence-electron chi connectivity index (χ3n) is 4.65. The summed E-state index contributed by atoms with van der Waals surface area (Å²) < 4.78 is 1.77. The van der Waals surface area contributed by atoms with Crippen LogP contribution in [0.3, 0.4) is 0 Å². The van der Waals surface area contributed by atoms with Crippen molar-refractivity contribution >= 4 is 35.0 Å². The number of aromatic carboxylic acids is 1. The van der Waals surface area contributed by atoms with Gasteiger partial charge in [-0.3, -0.25) is 0 Å². The van der Waals surface area contributed by atoms with Crippen molar-refractivity contribution in [1.82, 2.24) is 9.78 Å². The van der Waals surface area contributed by atoms with Crippen molar-refractivity contribution < 1.29 is 9.90 Å². The Bertz CT molecular complexity index is 1030. The topological polar surface area (TPSA) is 67.1 Å². The minimum absolute atomic E-state index is 0.219. The Balaban J connectivity index is 1.92. The number of hydrogen-bond acceptors (Lipinski definition) is 3. The fraction of sp³-hybridized carbons (Fsp3) is 0.200. The third kappa shape index (κ3) is 3.40. The van der Waals surface area contributed by atoms with Crippen LogP contribution in [0.4, 0.5) is 5.82 Å². The van der Waals surface area contributed by atoms with Crippen LogP contribution in [0, 0.1) is 0 Å². The molecule has 0 amide bonds. The fourth-order valence-electron chi connectivity index (χ4n) is 3.36. The van der Waals surface area contributed by atoms with Crippen LogP contribution in [0.25, 0.3) is 16.9 Å². The summed E-state index contributed by atoms with van der Waals surface area (Å²) in [7, 11) is 0. The lowest BCUT2D eigenvalue weighted by molar-refractivity contribution is 0.0697. The zero-order valence-corrected chi connectivity index (χ0v) is 15.9. The van der Waals surface area contributed by atoms with E-state index in [9.17, 15) is 9.90 Å². The number of benzene rings is 2. The monoisotopic (exact) mass is 401 g/mol. The second-order valence-electron chi connectivity index (χ2n) is 6.45. The van der Waals surface area contributed by atoms with Gasteiger partial charge >= 0.3 is 5.97 Å². The predicted octanol–water partition coefficient (Wildman–Crippen LogP) is 5.29. The average molecular weight is 402 g/mol. The molecule has 0 spiro atoms. The molecule has 2 heterocycles. The minimum Gasteiger partial charge on any atom is -0.478 e. The molecule has 0 unspecified atom stereocenters. The molecule has 0 bridgehead atoms. The first kappa shape index (κ1) is 17.9. The number of carboxylic acid groups (broad SMARTS) is 1. The van der Waals surface area contributed by atoms with E-state index in [0.717, 1.165) is 48.4 Å². The van der Waals surface area contributed by atoms with Crippen molar-refractivity contribution in [3.63, 3.8) is 0 Å². The Labute approximate surface area is 166 Å². The maximum absolute atomic E-state index is 11.4. The average Bonchev–Trinajstić information content (AvgIpc) is 2.83. The molecular formula is C20H17Cl2N3O2. The van der Waals surface area contributed by atoms with Gasteiger partial charge in [-0.15, -0.1) is 0 Å². The molecular weight excluding hydrogens is 385 g/mol. The summed E-state index contributed by atoms with van der Waals surface area (Å²) in [5.74, 6) is -0.0833. The van der Waals surface area contributed by atoms with Crippen LogP contribution in [0.1, 0.15) is 28.8 Å². The number of nitrogens with zero attached hydrogens (tertiary/aromatic N) is 2. The van der Waals surface area contributed by atoms with Crippen LogP contribution in [0.2, 0.25) is 10.0 Å². The smallest absolute Gasteiger partial charge is 0.335 e. The summed E-state index contributed by atoms with van der Waals surface area (Å²) in [6.45, 7) is 0.838. The number of carboxylic acids is 1. The molecule has 0 saturated carbocycles. The molecule has 4 rings (SSSR count). The molecule has 2 N–H and O–H groups in total. The number of hydrogen-bond donors (Lipinski definition) is 2. The summed E-state index contributed by atoms with van der Waals surface area (Å²) in [5.41, 5.74) is 3.60. The molecule has 0 fully saturated rings. The van der Waals surface area contributed by atoms with Gasteiger partial charge in [0.05, 0.1) is 22.0 Å². The van der Waals surface area contributed by atoms with Crippen LogP contribution in [0.15, 0.2) is 42.5 Å². The molecule has 0 radical (unpaired) electrons. The molecule has 0 saturated heterocycles. The number of aromatic nitrogens is 2. The third-order valence-corrected chi connectivity index (χ3v) is 5.20. The van der Waals surface area contributed by atoms with Gasteiger partial charge in [-0.25, -0.2) is 9.48 Å². The van der Waals surface area contributed by atoms with Crippen molar-refractivity contribution in [2.45, 2.75) is 19.3 Å². The summed E-state index contributed by atoms with van der Waals surface area (Å²) in [5, 5.41) is 18.7. The van der Waals surface area contributed by atoms with Crippen LogP contribution in [-0.4, -0.2) is 27.4 Å². The highest BCUT2D eigenvalue weighted by Gasteiger charge is 2.23. The van der Waals surface area contributed by atoms with Gasteiger partial charge in [0.15, 0.2) is 0 Å². The molecule has 138 valence electrons. The molecule has 2 aromatic carbocycles. The van der Waals surface area contributed by atoms with Gasteiger partial charge < -0.3 is 10.4 Å². The molecule has 5 nitrogen and oxygen atoms in total. The van der Waals surface area contributed by atoms with Crippen LogP contribution in [-0.2, 0) is 6.42 Å². The Morgan fingerprint density at radius 3 is 2.78 bits per heavy atom. The summed E-state index contributed by atoms with van der Waals surface area (Å²) in [4.78, 5) is 11.4. The van der Waals surface area contributed by atoms with Gasteiger partial charge in [0.2, 0.25) is 0 Å². The number of halogens is 2. The van der Waals surface area contributed by atoms with E-state index in [1.165, 1.54) is 0 Å². The first-order valence-corrected chi connectivity index (χ1v) is 9.45. The van der Waals surface area contributed by atoms with Crippen LogP contribution in [0.5, 0.6) is 0 Å². The van der Waals surface area contributed by atoms with E-state index in [1.807, 2.05) is 12.1 Å². The maximum atomic E-state index is 11.4. The van der Waals surface area contributed by atoms with Crippen molar-refractivity contribution in [1.29, 1.82) is 0 Å². The fourth-order valence-corrected chi connectivity index (χ4v) is 3.86. The summed E-state index contributed by atoms with van der Waals surface area (Å²) in [6, 6.07) is 12.1. The SMILES string of the molecule is O=C(O)c1cccc(-n2nc(-c3ccc(Cl)cc3Cl)c3c2NCCCC3)c1. The van der Waals surface area contributed by atoms with Crippen LogP contribution >= 0.6 is 23.2 Å². The number of anilines is 1. The van der Waals surface area contributed by atoms with Gasteiger partial charge in [-0.05, 0) is 55.7 Å². The van der Waals surface area contributed by atoms with E-state index in [1.54, 1.807) is 35.0 Å². The normalized spacial score (nSPS) is 13.6. The van der Waals surface area contributed by atoms with E-state index in [-0.39, 0.29) is 5.56 Å². The summed E-state index contributed by atoms with van der Waals surface area (Å²) >= 11 is 12.5. The zero-order chi connectivity index (χ0) is 19.0. The maximum Gasteiger partial charge on any atom is 0.335 e. The number of nitrogens with one attached hydrogen (secondary N) is 1. The van der Waals surface area contributed by atoms with Gasteiger partial charge in [-0.1, -0.05) is 29.3 Å². The molecule has 0 atom stereocenters. The Morgan fingerprint density at radius 1 is 1.15 bits per heavy atom. The van der Waals surface area contributed by atoms with E-state index in [2.05, 4.69) is 5.32 Å². The van der Waals surface area contributed by atoms with E-state index < -0.39 is 5.97 Å². The molecule has 27 heavy (non-hydrogen) atoms. The number of rotatable bonds is 3. The first-order chi connectivity index (χ1) is 13.0. The van der Waals surface area contributed by atoms with Gasteiger partial charge in [0, 0.05) is 22.7 Å². The predicted molar refractivity (Wildman–Crippen MR) is 107 cm³/mol. The second kappa shape index (κ2) is 7.25. The lowest BCUT2D eigenvalue weighted by atomic mass is 10.0. The second-order valence-corrected chi connectivity index (χ2v) is 7.29. The minimum atomic E-state index is -0.968. The van der Waals surface area contributed by atoms with Gasteiger partial charge in [-0.2, -0.15) is 5.10 Å². The quantitative estimate of drug-likeness (QED) is 0.625. The highest BCUT2D eigenvalue weighted by molar-refractivity contribution is 6.36. The Morgan fingerprint density at radius 2 is 2.00 bits per heavy atom. The molecule has 1 aromatic heterocycles. The molecule has 1 aliphatic rings. The van der Waals surface area contributed by atoms with Gasteiger partial charge in [0.25, 0.3) is 0 Å². The number of carbonyl (C=O) groups is 1. The summed E-state index contributed by atoms with van der Waals surface area (Å²) in [6.07, 6.45) is 2.96. The van der Waals surface area contributed by atoms with Crippen molar-refractivity contribution in [2.24, 2.45) is 0 Å². The lowest BCUT2D eigenvalue weighted by Gasteiger charge is -2.09.